The predicted molar refractivity (Wildman–Crippen MR) is 81.6 cm³/mol. The highest BCUT2D eigenvalue weighted by Crippen LogP contribution is 2.29. The molecule has 0 aromatic rings. The molecule has 0 unspecified atom stereocenters. The molecule has 2 aliphatic rings. The minimum Gasteiger partial charge on any atom is -0.393 e. The molecule has 11 nitrogen and oxygen atoms in total. The second kappa shape index (κ2) is 8.97. The molecule has 11 atom stereocenters. The molecule has 152 valence electrons. The largest absolute Gasteiger partial charge is 0.393 e. The summed E-state index contributed by atoms with van der Waals surface area (Å²) < 4.78 is 21.2. The first-order valence-electron chi connectivity index (χ1n) is 8.29. The Bertz CT molecular complexity index is 463. The molecule has 0 aromatic heterocycles. The standard InChI is InChI=1S/C15H26O11/c1-5-8(18)10(20)11(21)14(23-5)26-13-9(19)6(2)24-15(12(13)22)25-7(3-16)4-17/h3,5-15,17-22H,4H2,1-2H3/t5-,6-,7+,8-,9-,10+,11+,12+,13+,14-,15-/m0/s1. The number of aldehydes is 1. The fourth-order valence-electron chi connectivity index (χ4n) is 2.84. The van der Waals surface area contributed by atoms with Crippen molar-refractivity contribution < 1.29 is 54.4 Å². The van der Waals surface area contributed by atoms with Gasteiger partial charge in [0.2, 0.25) is 0 Å². The van der Waals surface area contributed by atoms with E-state index in [0.717, 1.165) is 0 Å². The summed E-state index contributed by atoms with van der Waals surface area (Å²) in [7, 11) is 0. The molecule has 0 radical (unpaired) electrons. The van der Waals surface area contributed by atoms with Crippen molar-refractivity contribution in [1.29, 1.82) is 0 Å². The highest BCUT2D eigenvalue weighted by molar-refractivity contribution is 5.56. The van der Waals surface area contributed by atoms with Crippen LogP contribution < -0.4 is 0 Å². The van der Waals surface area contributed by atoms with Crippen LogP contribution in [0.2, 0.25) is 0 Å². The fourth-order valence-corrected chi connectivity index (χ4v) is 2.84. The number of aliphatic hydroxyl groups is 6. The van der Waals surface area contributed by atoms with Crippen LogP contribution in [-0.4, -0.2) is 111 Å². The molecule has 0 spiro atoms. The summed E-state index contributed by atoms with van der Waals surface area (Å²) in [6.45, 7) is 2.29. The molecular formula is C15H26O11. The Balaban J connectivity index is 2.11. The van der Waals surface area contributed by atoms with E-state index in [4.69, 9.17) is 24.1 Å². The number of carbonyl (C=O) groups excluding carboxylic acids is 1. The lowest BCUT2D eigenvalue weighted by Crippen LogP contribution is -2.63. The number of hydrogen-bond donors (Lipinski definition) is 6. The molecule has 2 aliphatic heterocycles. The molecular weight excluding hydrogens is 356 g/mol. The number of carbonyl (C=O) groups is 1. The van der Waals surface area contributed by atoms with Crippen LogP contribution in [0.15, 0.2) is 0 Å². The zero-order valence-electron chi connectivity index (χ0n) is 14.4. The molecule has 2 rings (SSSR count). The van der Waals surface area contributed by atoms with E-state index in [9.17, 15) is 30.3 Å². The van der Waals surface area contributed by atoms with E-state index in [2.05, 4.69) is 0 Å². The van der Waals surface area contributed by atoms with Gasteiger partial charge in [0, 0.05) is 0 Å². The Kier molecular flexibility index (Phi) is 7.44. The minimum absolute atomic E-state index is 0.328. The summed E-state index contributed by atoms with van der Waals surface area (Å²) >= 11 is 0. The van der Waals surface area contributed by atoms with Gasteiger partial charge in [-0.2, -0.15) is 0 Å². The Morgan fingerprint density at radius 3 is 2.04 bits per heavy atom. The first-order valence-corrected chi connectivity index (χ1v) is 8.29. The Hall–Kier alpha value is -0.730. The maximum Gasteiger partial charge on any atom is 0.187 e. The topological polar surface area (TPSA) is 175 Å². The van der Waals surface area contributed by atoms with E-state index >= 15 is 0 Å². The second-order valence-electron chi connectivity index (χ2n) is 6.47. The lowest BCUT2D eigenvalue weighted by molar-refractivity contribution is -0.356. The van der Waals surface area contributed by atoms with Gasteiger partial charge in [0.05, 0.1) is 18.8 Å². The third-order valence-corrected chi connectivity index (χ3v) is 4.52. The fraction of sp³-hybridized carbons (Fsp3) is 0.933. The smallest absolute Gasteiger partial charge is 0.187 e. The van der Waals surface area contributed by atoms with Crippen molar-refractivity contribution in [3.8, 4) is 0 Å². The molecule has 0 aromatic carbocycles. The van der Waals surface area contributed by atoms with Gasteiger partial charge in [-0.15, -0.1) is 0 Å². The summed E-state index contributed by atoms with van der Waals surface area (Å²) in [6, 6.07) is 0. The maximum atomic E-state index is 10.8. The van der Waals surface area contributed by atoms with Crippen LogP contribution in [0.1, 0.15) is 13.8 Å². The molecule has 2 fully saturated rings. The van der Waals surface area contributed by atoms with Gasteiger partial charge in [-0.3, -0.25) is 0 Å². The SMILES string of the molecule is C[C@@H]1O[C@@H](O[C@@H]2[C@@H](O)[C@H](C)O[C@@H](O[C@H](C=O)CO)[C@@H]2O)[C@H](O)[C@H](O)[C@H]1O. The quantitative estimate of drug-likeness (QED) is 0.249. The first-order chi connectivity index (χ1) is 12.2. The number of ether oxygens (including phenoxy) is 4. The summed E-state index contributed by atoms with van der Waals surface area (Å²) in [5.41, 5.74) is 0. The average Bonchev–Trinajstić information content (AvgIpc) is 2.62. The lowest BCUT2D eigenvalue weighted by Gasteiger charge is -2.45. The van der Waals surface area contributed by atoms with Crippen molar-refractivity contribution in [1.82, 2.24) is 0 Å². The van der Waals surface area contributed by atoms with Crippen LogP contribution in [0.5, 0.6) is 0 Å². The third kappa shape index (κ3) is 4.39. The van der Waals surface area contributed by atoms with Gasteiger partial charge in [-0.25, -0.2) is 0 Å². The van der Waals surface area contributed by atoms with Crippen LogP contribution in [0.25, 0.3) is 0 Å². The van der Waals surface area contributed by atoms with Gasteiger partial charge in [-0.05, 0) is 13.8 Å². The monoisotopic (exact) mass is 382 g/mol. The van der Waals surface area contributed by atoms with Crippen molar-refractivity contribution in [2.24, 2.45) is 0 Å². The Morgan fingerprint density at radius 2 is 1.46 bits per heavy atom. The molecule has 6 N–H and O–H groups in total. The lowest BCUT2D eigenvalue weighted by atomic mass is 9.97. The van der Waals surface area contributed by atoms with Crippen molar-refractivity contribution in [3.05, 3.63) is 0 Å². The van der Waals surface area contributed by atoms with Gasteiger partial charge >= 0.3 is 0 Å². The van der Waals surface area contributed by atoms with Gasteiger partial charge in [0.25, 0.3) is 0 Å². The van der Waals surface area contributed by atoms with E-state index in [1.165, 1.54) is 13.8 Å². The molecule has 11 heteroatoms. The van der Waals surface area contributed by atoms with Crippen molar-refractivity contribution >= 4 is 6.29 Å². The van der Waals surface area contributed by atoms with E-state index in [-0.39, 0.29) is 0 Å². The Morgan fingerprint density at radius 1 is 0.885 bits per heavy atom. The van der Waals surface area contributed by atoms with Crippen LogP contribution in [0.3, 0.4) is 0 Å². The van der Waals surface area contributed by atoms with E-state index in [1.54, 1.807) is 0 Å². The summed E-state index contributed by atoms with van der Waals surface area (Å²) in [4.78, 5) is 10.8. The summed E-state index contributed by atoms with van der Waals surface area (Å²) in [5, 5.41) is 59.2. The Labute approximate surface area is 149 Å². The van der Waals surface area contributed by atoms with Crippen LogP contribution in [0, 0.1) is 0 Å². The minimum atomic E-state index is -1.63. The summed E-state index contributed by atoms with van der Waals surface area (Å²) in [5.74, 6) is 0. The molecule has 2 saturated heterocycles. The number of aliphatic hydroxyl groups excluding tert-OH is 6. The highest BCUT2D eigenvalue weighted by Gasteiger charge is 2.49. The summed E-state index contributed by atoms with van der Waals surface area (Å²) in [6.07, 6.45) is -14.3. The van der Waals surface area contributed by atoms with Crippen LogP contribution in [-0.2, 0) is 23.7 Å². The van der Waals surface area contributed by atoms with Crippen LogP contribution in [0.4, 0.5) is 0 Å². The van der Waals surface area contributed by atoms with Crippen molar-refractivity contribution in [2.75, 3.05) is 6.61 Å². The average molecular weight is 382 g/mol. The maximum absolute atomic E-state index is 10.8. The first kappa shape index (κ1) is 21.6. The van der Waals surface area contributed by atoms with Crippen molar-refractivity contribution in [3.63, 3.8) is 0 Å². The van der Waals surface area contributed by atoms with Gasteiger partial charge in [0.15, 0.2) is 18.9 Å². The van der Waals surface area contributed by atoms with Crippen LogP contribution >= 0.6 is 0 Å². The number of hydrogen-bond acceptors (Lipinski definition) is 11. The van der Waals surface area contributed by atoms with E-state index < -0.39 is 74.1 Å². The molecule has 0 bridgehead atoms. The van der Waals surface area contributed by atoms with E-state index in [1.807, 2.05) is 0 Å². The molecule has 26 heavy (non-hydrogen) atoms. The molecule has 0 amide bonds. The normalized spacial score (nSPS) is 48.2. The zero-order chi connectivity index (χ0) is 19.6. The second-order valence-corrected chi connectivity index (χ2v) is 6.47. The predicted octanol–water partition coefficient (Wildman–Crippen LogP) is -3.76. The number of rotatable bonds is 6. The third-order valence-electron chi connectivity index (χ3n) is 4.52. The zero-order valence-corrected chi connectivity index (χ0v) is 14.4. The van der Waals surface area contributed by atoms with Gasteiger partial charge in [-0.1, -0.05) is 0 Å². The molecule has 0 aliphatic carbocycles. The molecule has 2 heterocycles. The van der Waals surface area contributed by atoms with Gasteiger partial charge in [0.1, 0.15) is 42.7 Å². The van der Waals surface area contributed by atoms with Crippen molar-refractivity contribution in [2.45, 2.75) is 81.4 Å². The molecule has 0 saturated carbocycles. The van der Waals surface area contributed by atoms with E-state index in [0.29, 0.717) is 6.29 Å². The highest BCUT2D eigenvalue weighted by atomic mass is 16.7. The van der Waals surface area contributed by atoms with Gasteiger partial charge < -0.3 is 54.4 Å².